The highest BCUT2D eigenvalue weighted by molar-refractivity contribution is 7.80. The van der Waals surface area contributed by atoms with Gasteiger partial charge in [0.25, 0.3) is 0 Å². The number of methoxy groups -OCH3 is 1. The van der Waals surface area contributed by atoms with Gasteiger partial charge in [-0.1, -0.05) is 23.8 Å². The summed E-state index contributed by atoms with van der Waals surface area (Å²) in [6.45, 7) is 6.33. The topological polar surface area (TPSA) is 46.2 Å². The molecule has 1 heterocycles. The van der Waals surface area contributed by atoms with Gasteiger partial charge in [0.15, 0.2) is 5.11 Å². The van der Waals surface area contributed by atoms with Crippen molar-refractivity contribution in [2.24, 2.45) is 0 Å². The lowest BCUT2D eigenvalue weighted by Crippen LogP contribution is -2.31. The molecule has 1 unspecified atom stereocenters. The summed E-state index contributed by atoms with van der Waals surface area (Å²) in [6.07, 6.45) is 1.76. The van der Waals surface area contributed by atoms with Crippen LogP contribution in [0.2, 0.25) is 0 Å². The minimum atomic E-state index is 0.109. The second kappa shape index (κ2) is 7.70. The predicted octanol–water partition coefficient (Wildman–Crippen LogP) is 4.91. The molecule has 3 aromatic rings. The third-order valence-electron chi connectivity index (χ3n) is 4.45. The van der Waals surface area contributed by atoms with E-state index in [4.69, 9.17) is 17.0 Å². The zero-order chi connectivity index (χ0) is 18.7. The molecule has 1 aromatic heterocycles. The number of rotatable bonds is 4. The summed E-state index contributed by atoms with van der Waals surface area (Å²) >= 11 is 5.54. The van der Waals surface area contributed by atoms with E-state index in [2.05, 4.69) is 54.6 Å². The molecule has 0 saturated carbocycles. The van der Waals surface area contributed by atoms with Crippen LogP contribution in [0.15, 0.2) is 48.7 Å². The highest BCUT2D eigenvalue weighted by atomic mass is 32.1. The molecule has 0 amide bonds. The van der Waals surface area contributed by atoms with E-state index >= 15 is 0 Å². The second-order valence-corrected chi connectivity index (χ2v) is 6.80. The Morgan fingerprint density at radius 2 is 1.96 bits per heavy atom. The fourth-order valence-electron chi connectivity index (χ4n) is 3.08. The summed E-state index contributed by atoms with van der Waals surface area (Å²) in [5, 5.41) is 8.22. The molecule has 5 heteroatoms. The number of anilines is 1. The summed E-state index contributed by atoms with van der Waals surface area (Å²) < 4.78 is 5.40. The molecule has 134 valence electrons. The number of aryl methyl sites for hydroxylation is 2. The normalized spacial score (nSPS) is 11.8. The molecular formula is C21H23N3OS. The minimum Gasteiger partial charge on any atom is -0.494 e. The van der Waals surface area contributed by atoms with Crippen LogP contribution in [0, 0.1) is 13.8 Å². The first kappa shape index (κ1) is 18.1. The van der Waals surface area contributed by atoms with E-state index < -0.39 is 0 Å². The van der Waals surface area contributed by atoms with E-state index in [0.717, 1.165) is 22.3 Å². The maximum atomic E-state index is 5.54. The number of pyridine rings is 1. The fraction of sp³-hybridized carbons (Fsp3) is 0.238. The van der Waals surface area contributed by atoms with Crippen molar-refractivity contribution in [3.8, 4) is 5.75 Å². The zero-order valence-corrected chi connectivity index (χ0v) is 16.3. The van der Waals surface area contributed by atoms with Crippen molar-refractivity contribution in [2.75, 3.05) is 12.4 Å². The monoisotopic (exact) mass is 365 g/mol. The van der Waals surface area contributed by atoms with Crippen molar-refractivity contribution in [3.63, 3.8) is 0 Å². The summed E-state index contributed by atoms with van der Waals surface area (Å²) in [5.41, 5.74) is 5.45. The predicted molar refractivity (Wildman–Crippen MR) is 112 cm³/mol. The Balaban J connectivity index is 1.80. The van der Waals surface area contributed by atoms with Crippen molar-refractivity contribution in [2.45, 2.75) is 26.8 Å². The number of hydrogen-bond acceptors (Lipinski definition) is 3. The molecule has 0 aliphatic rings. The Morgan fingerprint density at radius 1 is 1.15 bits per heavy atom. The van der Waals surface area contributed by atoms with Crippen molar-refractivity contribution < 1.29 is 4.74 Å². The molecule has 0 bridgehead atoms. The van der Waals surface area contributed by atoms with E-state index in [-0.39, 0.29) is 6.04 Å². The van der Waals surface area contributed by atoms with Crippen LogP contribution in [-0.2, 0) is 0 Å². The van der Waals surface area contributed by atoms with Crippen molar-refractivity contribution in [1.29, 1.82) is 0 Å². The molecule has 0 spiro atoms. The first-order chi connectivity index (χ1) is 12.5. The van der Waals surface area contributed by atoms with Crippen molar-refractivity contribution in [1.82, 2.24) is 10.3 Å². The fourth-order valence-corrected chi connectivity index (χ4v) is 3.37. The van der Waals surface area contributed by atoms with Gasteiger partial charge in [0.05, 0.1) is 13.2 Å². The van der Waals surface area contributed by atoms with Crippen LogP contribution in [0.1, 0.15) is 29.7 Å². The van der Waals surface area contributed by atoms with Crippen LogP contribution >= 0.6 is 12.2 Å². The van der Waals surface area contributed by atoms with Crippen LogP contribution in [-0.4, -0.2) is 17.2 Å². The van der Waals surface area contributed by atoms with E-state index in [1.54, 1.807) is 13.3 Å². The second-order valence-electron chi connectivity index (χ2n) is 6.40. The van der Waals surface area contributed by atoms with Crippen LogP contribution < -0.4 is 15.4 Å². The number of nitrogens with one attached hydrogen (secondary N) is 2. The van der Waals surface area contributed by atoms with Gasteiger partial charge in [-0.05, 0) is 68.4 Å². The van der Waals surface area contributed by atoms with Gasteiger partial charge in [-0.15, -0.1) is 0 Å². The lowest BCUT2D eigenvalue weighted by molar-refractivity contribution is 0.419. The maximum Gasteiger partial charge on any atom is 0.171 e. The van der Waals surface area contributed by atoms with Gasteiger partial charge in [-0.2, -0.15) is 0 Å². The third kappa shape index (κ3) is 3.78. The largest absolute Gasteiger partial charge is 0.494 e. The van der Waals surface area contributed by atoms with Crippen LogP contribution in [0.5, 0.6) is 5.75 Å². The number of fused-ring (bicyclic) bond motifs is 1. The first-order valence-electron chi connectivity index (χ1n) is 8.56. The molecule has 0 radical (unpaired) electrons. The Hall–Kier alpha value is -2.66. The van der Waals surface area contributed by atoms with Gasteiger partial charge in [-0.25, -0.2) is 0 Å². The maximum absolute atomic E-state index is 5.54. The van der Waals surface area contributed by atoms with Gasteiger partial charge in [-0.3, -0.25) is 4.98 Å². The molecule has 2 aromatic carbocycles. The average molecular weight is 366 g/mol. The SMILES string of the molecule is COc1ccc(NC(=S)NC(C)c2cc(C)ccc2C)c2cccnc12. The number of ether oxygens (including phenoxy) is 1. The Labute approximate surface area is 159 Å². The number of benzene rings is 2. The number of hydrogen-bond donors (Lipinski definition) is 2. The standard InChI is InChI=1S/C21H23N3OS/c1-13-7-8-14(2)17(12-13)15(3)23-21(26)24-18-9-10-19(25-4)20-16(18)6-5-11-22-20/h5-12,15H,1-4H3,(H2,23,24,26). The van der Waals surface area contributed by atoms with E-state index in [1.165, 1.54) is 16.7 Å². The summed E-state index contributed by atoms with van der Waals surface area (Å²) in [5.74, 6) is 0.744. The van der Waals surface area contributed by atoms with Gasteiger partial charge in [0.1, 0.15) is 11.3 Å². The molecule has 1 atom stereocenters. The first-order valence-corrected chi connectivity index (χ1v) is 8.97. The quantitative estimate of drug-likeness (QED) is 0.644. The summed E-state index contributed by atoms with van der Waals surface area (Å²) in [7, 11) is 1.65. The van der Waals surface area contributed by atoms with Crippen LogP contribution in [0.4, 0.5) is 5.69 Å². The lowest BCUT2D eigenvalue weighted by atomic mass is 10.0. The highest BCUT2D eigenvalue weighted by Gasteiger charge is 2.12. The number of nitrogens with zero attached hydrogens (tertiary/aromatic N) is 1. The molecule has 3 rings (SSSR count). The molecule has 0 saturated heterocycles. The zero-order valence-electron chi connectivity index (χ0n) is 15.5. The molecule has 0 aliphatic heterocycles. The van der Waals surface area contributed by atoms with Crippen molar-refractivity contribution in [3.05, 3.63) is 65.4 Å². The number of thiocarbonyl (C=S) groups is 1. The smallest absolute Gasteiger partial charge is 0.171 e. The molecule has 0 fully saturated rings. The Morgan fingerprint density at radius 3 is 2.73 bits per heavy atom. The summed E-state index contributed by atoms with van der Waals surface area (Å²) in [4.78, 5) is 4.42. The Kier molecular flexibility index (Phi) is 5.38. The lowest BCUT2D eigenvalue weighted by Gasteiger charge is -2.20. The van der Waals surface area contributed by atoms with Gasteiger partial charge in [0, 0.05) is 17.3 Å². The molecular weight excluding hydrogens is 342 g/mol. The highest BCUT2D eigenvalue weighted by Crippen LogP contribution is 2.29. The third-order valence-corrected chi connectivity index (χ3v) is 4.67. The minimum absolute atomic E-state index is 0.109. The van der Waals surface area contributed by atoms with Crippen LogP contribution in [0.3, 0.4) is 0 Å². The Bertz CT molecular complexity index is 955. The summed E-state index contributed by atoms with van der Waals surface area (Å²) in [6, 6.07) is 14.3. The molecule has 0 aliphatic carbocycles. The van der Waals surface area contributed by atoms with Gasteiger partial charge >= 0.3 is 0 Å². The van der Waals surface area contributed by atoms with E-state index in [0.29, 0.717) is 5.11 Å². The van der Waals surface area contributed by atoms with Gasteiger partial charge < -0.3 is 15.4 Å². The van der Waals surface area contributed by atoms with E-state index in [9.17, 15) is 0 Å². The molecule has 4 nitrogen and oxygen atoms in total. The number of aromatic nitrogens is 1. The average Bonchev–Trinajstić information content (AvgIpc) is 2.64. The van der Waals surface area contributed by atoms with Crippen LogP contribution in [0.25, 0.3) is 10.9 Å². The van der Waals surface area contributed by atoms with Crippen molar-refractivity contribution >= 4 is 33.9 Å². The molecule has 2 N–H and O–H groups in total. The van der Waals surface area contributed by atoms with E-state index in [1.807, 2.05) is 24.3 Å². The van der Waals surface area contributed by atoms with Gasteiger partial charge in [0.2, 0.25) is 0 Å². The molecule has 26 heavy (non-hydrogen) atoms.